The van der Waals surface area contributed by atoms with Crippen LogP contribution in [0.5, 0.6) is 5.75 Å². The Morgan fingerprint density at radius 2 is 1.12 bits per heavy atom. The second kappa shape index (κ2) is 18.7. The molecule has 298 valence electrons. The highest BCUT2D eigenvalue weighted by Gasteiger charge is 2.19. The Labute approximate surface area is 340 Å². The maximum Gasteiger partial charge on any atom is 0.296 e. The summed E-state index contributed by atoms with van der Waals surface area (Å²) >= 11 is 1.17. The molecule has 20 heteroatoms. The Morgan fingerprint density at radius 1 is 0.586 bits per heavy atom. The minimum absolute atomic E-state index is 0.101. The lowest BCUT2D eigenvalue weighted by Crippen LogP contribution is -1.98. The van der Waals surface area contributed by atoms with E-state index in [9.17, 15) is 18.1 Å². The van der Waals surface area contributed by atoms with Crippen LogP contribution in [-0.2, 0) is 28.9 Å². The van der Waals surface area contributed by atoms with Crippen molar-refractivity contribution < 1.29 is 47.3 Å². The molecule has 0 aliphatic heterocycles. The molecule has 0 saturated heterocycles. The van der Waals surface area contributed by atoms with Gasteiger partial charge in [-0.05, 0) is 134 Å². The highest BCUT2D eigenvalue weighted by Crippen LogP contribution is 2.45. The molecule has 58 heavy (non-hydrogen) atoms. The Kier molecular flexibility index (Phi) is 13.6. The zero-order chi connectivity index (χ0) is 41.4. The quantitative estimate of drug-likeness (QED) is 0.0213. The van der Waals surface area contributed by atoms with Crippen molar-refractivity contribution in [1.82, 2.24) is 0 Å². The molecule has 0 fully saturated rings. The fourth-order valence-corrected chi connectivity index (χ4v) is 7.16. The predicted octanol–water partition coefficient (Wildman–Crippen LogP) is 12.9. The van der Waals surface area contributed by atoms with Crippen LogP contribution < -0.4 is 5.32 Å². The number of nitrogens with zero attached hydrogens (tertiary/aromatic N) is 6. The van der Waals surface area contributed by atoms with Crippen LogP contribution in [0.1, 0.15) is 22.3 Å². The first-order chi connectivity index (χ1) is 27.8. The van der Waals surface area contributed by atoms with Crippen LogP contribution in [0.15, 0.2) is 142 Å². The first-order valence-corrected chi connectivity index (χ1v) is 19.8. The molecule has 0 aliphatic carbocycles. The van der Waals surface area contributed by atoms with Crippen molar-refractivity contribution in [2.45, 2.75) is 42.4 Å². The molecule has 6 rings (SSSR count). The van der Waals surface area contributed by atoms with Gasteiger partial charge in [-0.1, -0.05) is 28.3 Å². The van der Waals surface area contributed by atoms with Crippen LogP contribution in [-0.4, -0.2) is 28.6 Å². The summed E-state index contributed by atoms with van der Waals surface area (Å²) in [7, 11) is -4.69. The van der Waals surface area contributed by atoms with E-state index in [1.54, 1.807) is 50.2 Å². The molecule has 6 aromatic carbocycles. The summed E-state index contributed by atoms with van der Waals surface area (Å²) in [5, 5.41) is 66.4. The second-order valence-corrected chi connectivity index (χ2v) is 15.4. The number of hydrogen-bond acceptors (Lipinski definition) is 18. The molecule has 6 aromatic rings. The van der Waals surface area contributed by atoms with Gasteiger partial charge in [-0.15, -0.1) is 18.9 Å². The van der Waals surface area contributed by atoms with E-state index in [2.05, 4.69) is 50.4 Å². The number of rotatable bonds is 15. The van der Waals surface area contributed by atoms with E-state index >= 15 is 0 Å². The standard InChI is InChI=1S/C38H33N7O10S3/c1-21-15-32(22(2)14-31(21)41-40-30-13-11-28(56-54-52-47)20-36(30)58(49,50)51)42-43-33-16-24(4)34(17-23(33)3)44-45-37-35(57-55-53-48)19-25-18-27(10-12-29(25)38(37)46)39-26-8-6-5-7-9-26/h5-20,39,46-48H,1-4H3,(H,49,50,51). The van der Waals surface area contributed by atoms with E-state index in [0.717, 1.165) is 28.6 Å². The SMILES string of the molecule is Cc1cc(N=Nc2ccc(SOOO)cc2S(=O)(=O)O)c(C)cc1N=Nc1cc(C)c(N=Nc2c(SOOO)cc3cc(Nc4ccccc4)ccc3c2O)cc1C. The van der Waals surface area contributed by atoms with Gasteiger partial charge < -0.3 is 10.4 Å². The topological polar surface area (TPSA) is 238 Å². The molecule has 0 spiro atoms. The number of anilines is 2. The molecule has 0 atom stereocenters. The number of azo groups is 3. The van der Waals surface area contributed by atoms with Crippen LogP contribution in [0.2, 0.25) is 0 Å². The number of benzene rings is 6. The van der Waals surface area contributed by atoms with Gasteiger partial charge in [-0.25, -0.2) is 10.5 Å². The number of aryl methyl sites for hydroxylation is 4. The fraction of sp³-hybridized carbons (Fsp3) is 0.105. The number of hydrogen-bond donors (Lipinski definition) is 5. The number of para-hydroxylation sites is 1. The summed E-state index contributed by atoms with van der Waals surface area (Å²) in [4.78, 5) is 0.00925. The zero-order valence-corrected chi connectivity index (χ0v) is 33.3. The van der Waals surface area contributed by atoms with Crippen molar-refractivity contribution in [3.8, 4) is 5.75 Å². The van der Waals surface area contributed by atoms with Gasteiger partial charge in [0.25, 0.3) is 10.1 Å². The highest BCUT2D eigenvalue weighted by atomic mass is 32.2. The number of nitrogens with one attached hydrogen (secondary N) is 1. The van der Waals surface area contributed by atoms with E-state index in [4.69, 9.17) is 14.8 Å². The number of phenolic OH excluding ortho intramolecular Hbond substituents is 1. The minimum atomic E-state index is -4.69. The maximum absolute atomic E-state index is 12.0. The van der Waals surface area contributed by atoms with E-state index in [1.807, 2.05) is 56.3 Å². The lowest BCUT2D eigenvalue weighted by molar-refractivity contribution is -0.432. The first-order valence-electron chi connectivity index (χ1n) is 16.8. The Bertz CT molecular complexity index is 2680. The van der Waals surface area contributed by atoms with Crippen LogP contribution >= 0.6 is 24.1 Å². The molecule has 0 aliphatic rings. The third kappa shape index (κ3) is 10.3. The minimum Gasteiger partial charge on any atom is -0.505 e. The number of phenols is 1. The highest BCUT2D eigenvalue weighted by molar-refractivity contribution is 7.95. The lowest BCUT2D eigenvalue weighted by Gasteiger charge is -2.12. The van der Waals surface area contributed by atoms with Crippen molar-refractivity contribution in [2.75, 3.05) is 5.32 Å². The number of fused-ring (bicyclic) bond motifs is 1. The van der Waals surface area contributed by atoms with Gasteiger partial charge in [0.15, 0.2) is 5.75 Å². The summed E-state index contributed by atoms with van der Waals surface area (Å²) in [6.45, 7) is 7.26. The largest absolute Gasteiger partial charge is 0.505 e. The van der Waals surface area contributed by atoms with Crippen LogP contribution in [0.25, 0.3) is 10.8 Å². The maximum atomic E-state index is 12.0. The Balaban J connectivity index is 1.22. The third-order valence-electron chi connectivity index (χ3n) is 8.46. The molecule has 17 nitrogen and oxygen atoms in total. The summed E-state index contributed by atoms with van der Waals surface area (Å²) in [6, 6.07) is 27.7. The average molecular weight is 844 g/mol. The van der Waals surface area contributed by atoms with E-state index in [1.165, 1.54) is 12.1 Å². The van der Waals surface area contributed by atoms with Gasteiger partial charge >= 0.3 is 0 Å². The van der Waals surface area contributed by atoms with Crippen molar-refractivity contribution in [1.29, 1.82) is 0 Å². The molecular formula is C38H33N7O10S3. The smallest absolute Gasteiger partial charge is 0.296 e. The summed E-state index contributed by atoms with van der Waals surface area (Å²) in [5.74, 6) is -0.146. The zero-order valence-electron chi connectivity index (χ0n) is 30.9. The Hall–Kier alpha value is -5.65. The molecule has 5 N–H and O–H groups in total. The molecule has 0 heterocycles. The van der Waals surface area contributed by atoms with Gasteiger partial charge in [0, 0.05) is 21.7 Å². The van der Waals surface area contributed by atoms with Gasteiger partial charge in [0.2, 0.25) is 0 Å². The molecule has 0 radical (unpaired) electrons. The molecule has 0 aromatic heterocycles. The Morgan fingerprint density at radius 3 is 1.67 bits per heavy atom. The fourth-order valence-electron chi connectivity index (χ4n) is 5.54. The summed E-state index contributed by atoms with van der Waals surface area (Å²) in [5.41, 5.74) is 6.54. The molecule has 0 amide bonds. The van der Waals surface area contributed by atoms with Gasteiger partial charge in [0.1, 0.15) is 16.3 Å². The van der Waals surface area contributed by atoms with Gasteiger partial charge in [-0.2, -0.15) is 28.9 Å². The first kappa shape index (κ1) is 42.0. The summed E-state index contributed by atoms with van der Waals surface area (Å²) < 4.78 is 42.8. The lowest BCUT2D eigenvalue weighted by atomic mass is 10.1. The molecule has 0 unspecified atom stereocenters. The normalized spacial score (nSPS) is 12.1. The van der Waals surface area contributed by atoms with Gasteiger partial charge in [0.05, 0.1) is 51.7 Å². The van der Waals surface area contributed by atoms with Crippen LogP contribution in [0, 0.1) is 27.7 Å². The average Bonchev–Trinajstić information content (AvgIpc) is 3.20. The monoisotopic (exact) mass is 843 g/mol. The van der Waals surface area contributed by atoms with E-state index in [0.29, 0.717) is 73.6 Å². The van der Waals surface area contributed by atoms with Crippen LogP contribution in [0.3, 0.4) is 0 Å². The third-order valence-corrected chi connectivity index (χ3v) is 10.5. The van der Waals surface area contributed by atoms with Crippen molar-refractivity contribution in [3.63, 3.8) is 0 Å². The number of aromatic hydroxyl groups is 1. The molecule has 0 saturated carbocycles. The predicted molar refractivity (Wildman–Crippen MR) is 217 cm³/mol. The molecular weight excluding hydrogens is 811 g/mol. The van der Waals surface area contributed by atoms with Gasteiger partial charge in [-0.3, -0.25) is 4.55 Å². The molecule has 0 bridgehead atoms. The van der Waals surface area contributed by atoms with Crippen molar-refractivity contribution in [3.05, 3.63) is 119 Å². The second-order valence-electron chi connectivity index (χ2n) is 12.5. The van der Waals surface area contributed by atoms with E-state index in [-0.39, 0.29) is 22.0 Å². The van der Waals surface area contributed by atoms with Crippen LogP contribution in [0.4, 0.5) is 45.5 Å². The van der Waals surface area contributed by atoms with Crippen molar-refractivity contribution >= 4 is 90.5 Å². The van der Waals surface area contributed by atoms with E-state index < -0.39 is 15.0 Å². The summed E-state index contributed by atoms with van der Waals surface area (Å²) in [6.07, 6.45) is 0. The van der Waals surface area contributed by atoms with Crippen molar-refractivity contribution in [2.24, 2.45) is 30.7 Å².